The van der Waals surface area contributed by atoms with Crippen LogP contribution in [0, 0.1) is 0 Å². The van der Waals surface area contributed by atoms with Crippen LogP contribution in [0.5, 0.6) is 0 Å². The van der Waals surface area contributed by atoms with Gasteiger partial charge in [-0.15, -0.1) is 0 Å². The van der Waals surface area contributed by atoms with Gasteiger partial charge in [0.1, 0.15) is 5.58 Å². The van der Waals surface area contributed by atoms with Crippen molar-refractivity contribution in [3.8, 4) is 0 Å². The maximum atomic E-state index is 12.7. The normalized spacial score (nSPS) is 11.5. The number of nitrogens with zero attached hydrogens (tertiary/aromatic N) is 2. The van der Waals surface area contributed by atoms with Crippen molar-refractivity contribution in [1.29, 1.82) is 0 Å². The average molecular weight is 458 g/mol. The minimum absolute atomic E-state index is 0.0188. The van der Waals surface area contributed by atoms with Crippen molar-refractivity contribution in [3.63, 3.8) is 0 Å². The molecule has 33 heavy (non-hydrogen) atoms. The zero-order valence-electron chi connectivity index (χ0n) is 17.2. The number of amides is 1. The Morgan fingerprint density at radius 3 is 2.45 bits per heavy atom. The third-order valence-corrected chi connectivity index (χ3v) is 6.47. The molecule has 0 aliphatic rings. The number of aromatic nitrogens is 2. The van der Waals surface area contributed by atoms with Crippen molar-refractivity contribution in [3.05, 3.63) is 91.0 Å². The molecule has 2 aromatic heterocycles. The molecule has 3 aromatic carbocycles. The van der Waals surface area contributed by atoms with E-state index in [0.29, 0.717) is 5.69 Å². The smallest absolute Gasteiger partial charge is 0.264 e. The van der Waals surface area contributed by atoms with Crippen molar-refractivity contribution in [2.75, 3.05) is 10.0 Å². The molecule has 8 nitrogen and oxygen atoms in total. The Kier molecular flexibility index (Phi) is 5.23. The molecular formula is C24H18N4O4S. The highest BCUT2D eigenvalue weighted by atomic mass is 32.2. The summed E-state index contributed by atoms with van der Waals surface area (Å²) in [5, 5.41) is 5.81. The van der Waals surface area contributed by atoms with Gasteiger partial charge in [0.05, 0.1) is 17.6 Å². The minimum Gasteiger partial charge on any atom is -0.464 e. The van der Waals surface area contributed by atoms with Gasteiger partial charge in [-0.25, -0.2) is 23.1 Å². The Morgan fingerprint density at radius 1 is 0.909 bits per heavy atom. The van der Waals surface area contributed by atoms with E-state index in [-0.39, 0.29) is 23.2 Å². The van der Waals surface area contributed by atoms with E-state index in [0.717, 1.165) is 27.3 Å². The Bertz CT molecular complexity index is 1560. The summed E-state index contributed by atoms with van der Waals surface area (Å²) in [6.07, 6.45) is 4.60. The van der Waals surface area contributed by atoms with Gasteiger partial charge in [-0.1, -0.05) is 30.3 Å². The van der Waals surface area contributed by atoms with Gasteiger partial charge in [-0.2, -0.15) is 0 Å². The van der Waals surface area contributed by atoms with Crippen LogP contribution >= 0.6 is 0 Å². The molecule has 2 heterocycles. The van der Waals surface area contributed by atoms with E-state index < -0.39 is 10.0 Å². The van der Waals surface area contributed by atoms with Crippen LogP contribution in [0.1, 0.15) is 5.56 Å². The molecule has 5 aromatic rings. The number of nitrogens with one attached hydrogen (secondary N) is 2. The van der Waals surface area contributed by atoms with Crippen molar-refractivity contribution < 1.29 is 17.6 Å². The third kappa shape index (κ3) is 4.26. The number of carbonyl (C=O) groups excluding carboxylic acids is 1. The Labute approximate surface area is 189 Å². The van der Waals surface area contributed by atoms with Gasteiger partial charge in [0, 0.05) is 29.0 Å². The van der Waals surface area contributed by atoms with Crippen molar-refractivity contribution in [1.82, 2.24) is 9.97 Å². The lowest BCUT2D eigenvalue weighted by Crippen LogP contribution is -2.16. The van der Waals surface area contributed by atoms with Crippen molar-refractivity contribution >= 4 is 49.3 Å². The number of hydrogen-bond acceptors (Lipinski definition) is 6. The van der Waals surface area contributed by atoms with Gasteiger partial charge in [0.15, 0.2) is 0 Å². The van der Waals surface area contributed by atoms with E-state index in [9.17, 15) is 13.2 Å². The van der Waals surface area contributed by atoms with Gasteiger partial charge < -0.3 is 9.73 Å². The summed E-state index contributed by atoms with van der Waals surface area (Å²) < 4.78 is 32.9. The first-order valence-corrected chi connectivity index (χ1v) is 11.6. The molecule has 0 atom stereocenters. The molecular weight excluding hydrogens is 440 g/mol. The predicted molar refractivity (Wildman–Crippen MR) is 125 cm³/mol. The first-order chi connectivity index (χ1) is 16.0. The lowest BCUT2D eigenvalue weighted by molar-refractivity contribution is -0.115. The summed E-state index contributed by atoms with van der Waals surface area (Å²) in [5.41, 5.74) is 1.99. The fourth-order valence-electron chi connectivity index (χ4n) is 3.63. The highest BCUT2D eigenvalue weighted by molar-refractivity contribution is 7.92. The van der Waals surface area contributed by atoms with Crippen LogP contribution in [0.25, 0.3) is 21.7 Å². The zero-order chi connectivity index (χ0) is 22.8. The number of rotatable bonds is 6. The SMILES string of the molecule is O=C(Cc1coc2ccc3ccccc3c12)Nc1ccc(S(=O)(=O)Nc2ncccn2)cc1. The molecule has 1 amide bonds. The van der Waals surface area contributed by atoms with Crippen LogP contribution in [0.2, 0.25) is 0 Å². The molecule has 0 unspecified atom stereocenters. The van der Waals surface area contributed by atoms with E-state index >= 15 is 0 Å². The average Bonchev–Trinajstić information content (AvgIpc) is 3.23. The third-order valence-electron chi connectivity index (χ3n) is 5.13. The maximum Gasteiger partial charge on any atom is 0.264 e. The van der Waals surface area contributed by atoms with E-state index in [2.05, 4.69) is 20.0 Å². The molecule has 0 saturated carbocycles. The Hall–Kier alpha value is -4.24. The fourth-order valence-corrected chi connectivity index (χ4v) is 4.59. The second-order valence-corrected chi connectivity index (χ2v) is 9.03. The number of sulfonamides is 1. The summed E-state index contributed by atoms with van der Waals surface area (Å²) in [7, 11) is -3.84. The van der Waals surface area contributed by atoms with Crippen LogP contribution in [0.3, 0.4) is 0 Å². The second kappa shape index (κ2) is 8.36. The minimum atomic E-state index is -3.84. The van der Waals surface area contributed by atoms with Gasteiger partial charge in [-0.3, -0.25) is 4.79 Å². The van der Waals surface area contributed by atoms with E-state index in [1.807, 2.05) is 36.4 Å². The van der Waals surface area contributed by atoms with Crippen molar-refractivity contribution in [2.24, 2.45) is 0 Å². The summed E-state index contributed by atoms with van der Waals surface area (Å²) in [6, 6.07) is 19.3. The number of fused-ring (bicyclic) bond motifs is 3. The van der Waals surface area contributed by atoms with E-state index in [1.165, 1.54) is 36.7 Å². The first-order valence-electron chi connectivity index (χ1n) is 10.1. The number of benzene rings is 3. The molecule has 0 saturated heterocycles. The summed E-state index contributed by atoms with van der Waals surface area (Å²) in [5.74, 6) is -0.258. The molecule has 2 N–H and O–H groups in total. The zero-order valence-corrected chi connectivity index (χ0v) is 18.0. The van der Waals surface area contributed by atoms with Gasteiger partial charge >= 0.3 is 0 Å². The highest BCUT2D eigenvalue weighted by Crippen LogP contribution is 2.30. The van der Waals surface area contributed by atoms with E-state index in [4.69, 9.17) is 4.42 Å². The number of carbonyl (C=O) groups is 1. The van der Waals surface area contributed by atoms with Crippen LogP contribution in [0.4, 0.5) is 11.6 Å². The summed E-state index contributed by atoms with van der Waals surface area (Å²) in [4.78, 5) is 20.4. The number of furan rings is 1. The van der Waals surface area contributed by atoms with Crippen LogP contribution in [-0.4, -0.2) is 24.3 Å². The van der Waals surface area contributed by atoms with Crippen molar-refractivity contribution in [2.45, 2.75) is 11.3 Å². The quantitative estimate of drug-likeness (QED) is 0.391. The summed E-state index contributed by atoms with van der Waals surface area (Å²) >= 11 is 0. The lowest BCUT2D eigenvalue weighted by atomic mass is 10.0. The molecule has 0 aliphatic heterocycles. The van der Waals surface area contributed by atoms with Gasteiger partial charge in [0.2, 0.25) is 11.9 Å². The molecule has 0 bridgehead atoms. The standard InChI is InChI=1S/C24H18N4O4S/c29-22(14-17-15-32-21-11-6-16-4-1-2-5-20(16)23(17)21)27-18-7-9-19(10-8-18)33(30,31)28-24-25-12-3-13-26-24/h1-13,15H,14H2,(H,27,29)(H,25,26,28). The first kappa shape index (κ1) is 20.7. The summed E-state index contributed by atoms with van der Waals surface area (Å²) in [6.45, 7) is 0. The second-order valence-electron chi connectivity index (χ2n) is 7.35. The fraction of sp³-hybridized carbons (Fsp3) is 0.0417. The monoisotopic (exact) mass is 458 g/mol. The predicted octanol–water partition coefficient (Wildman–Crippen LogP) is 4.36. The molecule has 0 radical (unpaired) electrons. The van der Waals surface area contributed by atoms with Gasteiger partial charge in [-0.05, 0) is 47.2 Å². The molecule has 5 rings (SSSR count). The Balaban J connectivity index is 1.31. The number of anilines is 2. The lowest BCUT2D eigenvalue weighted by Gasteiger charge is -2.08. The van der Waals surface area contributed by atoms with Crippen LogP contribution in [-0.2, 0) is 21.2 Å². The van der Waals surface area contributed by atoms with Crippen LogP contribution in [0.15, 0.2) is 94.7 Å². The molecule has 0 aliphatic carbocycles. The highest BCUT2D eigenvalue weighted by Gasteiger charge is 2.16. The number of hydrogen-bond donors (Lipinski definition) is 2. The molecule has 0 fully saturated rings. The molecule has 0 spiro atoms. The maximum absolute atomic E-state index is 12.7. The van der Waals surface area contributed by atoms with Crippen LogP contribution < -0.4 is 10.0 Å². The van der Waals surface area contributed by atoms with E-state index in [1.54, 1.807) is 12.3 Å². The largest absolute Gasteiger partial charge is 0.464 e. The van der Waals surface area contributed by atoms with Gasteiger partial charge in [0.25, 0.3) is 10.0 Å². The molecule has 9 heteroatoms. The topological polar surface area (TPSA) is 114 Å². The molecule has 164 valence electrons. The Morgan fingerprint density at radius 2 is 1.67 bits per heavy atom.